The minimum Gasteiger partial charge on any atom is -0.480 e. The molecule has 1 atom stereocenters. The van der Waals surface area contributed by atoms with Crippen molar-refractivity contribution < 1.29 is 9.90 Å². The monoisotopic (exact) mass is 494 g/mol. The van der Waals surface area contributed by atoms with Crippen molar-refractivity contribution in [1.29, 1.82) is 5.41 Å². The van der Waals surface area contributed by atoms with Crippen LogP contribution in [0.1, 0.15) is 29.4 Å². The van der Waals surface area contributed by atoms with Gasteiger partial charge in [0.25, 0.3) is 0 Å². The summed E-state index contributed by atoms with van der Waals surface area (Å²) in [7, 11) is 1.97. The van der Waals surface area contributed by atoms with E-state index < -0.39 is 5.97 Å². The normalized spacial score (nSPS) is 18.6. The van der Waals surface area contributed by atoms with Gasteiger partial charge in [-0.15, -0.1) is 0 Å². The Morgan fingerprint density at radius 1 is 1.34 bits per heavy atom. The van der Waals surface area contributed by atoms with Gasteiger partial charge >= 0.3 is 5.97 Å². The summed E-state index contributed by atoms with van der Waals surface area (Å²) in [5, 5.41) is 20.9. The van der Waals surface area contributed by atoms with E-state index in [0.29, 0.717) is 36.0 Å². The molecular formula is C23H23BrN6O2. The first-order chi connectivity index (χ1) is 15.4. The maximum atomic E-state index is 11.0. The highest BCUT2D eigenvalue weighted by molar-refractivity contribution is 9.10. The zero-order valence-electron chi connectivity index (χ0n) is 17.6. The summed E-state index contributed by atoms with van der Waals surface area (Å²) in [6.07, 6.45) is 4.63. The lowest BCUT2D eigenvalue weighted by molar-refractivity contribution is -0.138. The fraction of sp³-hybridized carbons (Fsp3) is 0.304. The lowest BCUT2D eigenvalue weighted by Crippen LogP contribution is -2.37. The molecule has 0 aliphatic carbocycles. The summed E-state index contributed by atoms with van der Waals surface area (Å²) in [5.74, 6) is 0.000747. The first-order valence-electron chi connectivity index (χ1n) is 10.5. The van der Waals surface area contributed by atoms with Crippen LogP contribution >= 0.6 is 15.9 Å². The molecule has 0 amide bonds. The molecule has 32 heavy (non-hydrogen) atoms. The lowest BCUT2D eigenvalue weighted by Gasteiger charge is -2.25. The summed E-state index contributed by atoms with van der Waals surface area (Å²) < 4.78 is 2.51. The number of pyridine rings is 1. The van der Waals surface area contributed by atoms with E-state index in [4.69, 9.17) is 15.5 Å². The first kappa shape index (κ1) is 20.8. The Kier molecular flexibility index (Phi) is 5.30. The van der Waals surface area contributed by atoms with E-state index in [9.17, 15) is 4.79 Å². The van der Waals surface area contributed by atoms with Gasteiger partial charge in [0.15, 0.2) is 5.49 Å². The molecule has 5 rings (SSSR count). The van der Waals surface area contributed by atoms with E-state index in [1.165, 1.54) is 0 Å². The summed E-state index contributed by atoms with van der Waals surface area (Å²) >= 11 is 3.60. The minimum atomic E-state index is -0.821. The number of nitrogens with zero attached hydrogens (tertiary/aromatic N) is 5. The van der Waals surface area contributed by atoms with Crippen LogP contribution in [-0.4, -0.2) is 63.8 Å². The van der Waals surface area contributed by atoms with Gasteiger partial charge in [-0.2, -0.15) is 0 Å². The number of aromatic nitrogens is 3. The van der Waals surface area contributed by atoms with Crippen molar-refractivity contribution in [2.45, 2.75) is 12.3 Å². The third kappa shape index (κ3) is 3.61. The molecule has 3 aromatic rings. The van der Waals surface area contributed by atoms with E-state index in [0.717, 1.165) is 33.6 Å². The van der Waals surface area contributed by atoms with Gasteiger partial charge in [0.05, 0.1) is 28.1 Å². The first-order valence-corrected chi connectivity index (χ1v) is 11.3. The van der Waals surface area contributed by atoms with Crippen molar-refractivity contribution >= 4 is 38.4 Å². The number of rotatable bonds is 4. The summed E-state index contributed by atoms with van der Waals surface area (Å²) in [4.78, 5) is 22.6. The second-order valence-corrected chi connectivity index (χ2v) is 9.05. The molecule has 1 aromatic carbocycles. The molecular weight excluding hydrogens is 472 g/mol. The number of carbonyl (C=O) groups is 1. The Labute approximate surface area is 193 Å². The van der Waals surface area contributed by atoms with Gasteiger partial charge in [-0.05, 0) is 45.6 Å². The van der Waals surface area contributed by atoms with Gasteiger partial charge in [-0.25, -0.2) is 9.66 Å². The van der Waals surface area contributed by atoms with E-state index >= 15 is 0 Å². The van der Waals surface area contributed by atoms with Crippen LogP contribution in [0, 0.1) is 5.41 Å². The van der Waals surface area contributed by atoms with E-state index in [-0.39, 0.29) is 12.5 Å². The fourth-order valence-corrected chi connectivity index (χ4v) is 5.05. The number of hydrogen-bond acceptors (Lipinski definition) is 6. The zero-order chi connectivity index (χ0) is 22.4. The van der Waals surface area contributed by atoms with Crippen LogP contribution in [0.3, 0.4) is 0 Å². The van der Waals surface area contributed by atoms with Crippen molar-refractivity contribution in [2.24, 2.45) is 0 Å². The Hall–Kier alpha value is -3.04. The van der Waals surface area contributed by atoms with Crippen LogP contribution in [0.2, 0.25) is 0 Å². The highest BCUT2D eigenvalue weighted by Crippen LogP contribution is 2.33. The van der Waals surface area contributed by atoms with Crippen LogP contribution in [0.4, 0.5) is 0 Å². The Bertz CT molecular complexity index is 1320. The van der Waals surface area contributed by atoms with Crippen LogP contribution in [0.15, 0.2) is 47.1 Å². The molecule has 2 N–H and O–H groups in total. The predicted octanol–water partition coefficient (Wildman–Crippen LogP) is 2.56. The average molecular weight is 495 g/mol. The van der Waals surface area contributed by atoms with Crippen molar-refractivity contribution in [1.82, 2.24) is 19.5 Å². The second-order valence-electron chi connectivity index (χ2n) is 8.26. The highest BCUT2D eigenvalue weighted by Gasteiger charge is 2.32. The number of carboxylic acid groups (broad SMARTS) is 1. The maximum Gasteiger partial charge on any atom is 0.317 e. The predicted molar refractivity (Wildman–Crippen MR) is 125 cm³/mol. The quantitative estimate of drug-likeness (QED) is 0.578. The number of halogens is 1. The summed E-state index contributed by atoms with van der Waals surface area (Å²) in [6.45, 7) is 1.96. The molecule has 0 saturated heterocycles. The lowest BCUT2D eigenvalue weighted by atomic mass is 9.98. The van der Waals surface area contributed by atoms with Crippen molar-refractivity contribution in [3.63, 3.8) is 0 Å². The smallest absolute Gasteiger partial charge is 0.317 e. The average Bonchev–Trinajstić information content (AvgIpc) is 3.12. The largest absolute Gasteiger partial charge is 0.480 e. The molecule has 1 unspecified atom stereocenters. The van der Waals surface area contributed by atoms with Gasteiger partial charge in [-0.1, -0.05) is 24.3 Å². The molecule has 0 saturated carbocycles. The number of fused-ring (bicyclic) bond motifs is 2. The number of likely N-dealkylation sites (N-methyl/N-ethyl adjacent to an activating group) is 1. The molecule has 2 aliphatic rings. The molecule has 9 heteroatoms. The molecule has 0 bridgehead atoms. The van der Waals surface area contributed by atoms with Gasteiger partial charge in [0, 0.05) is 38.3 Å². The molecule has 2 aromatic heterocycles. The SMILES string of the molecule is CN1CC(c2cnc3ccccc3c2)c2nc(C3=CCN(CC(=O)O)CC3)c(Br)c(=N)n21. The number of hydrogen-bond donors (Lipinski definition) is 2. The van der Waals surface area contributed by atoms with Gasteiger partial charge in [0.2, 0.25) is 0 Å². The number of aliphatic carboxylic acids is 1. The standard InChI is InChI=1S/C23H23BrN6O2/c1-28-12-17(16-10-15-4-2-3-5-18(15)26-11-16)23-27-21(20(24)22(25)30(23)28)14-6-8-29(9-7-14)13-19(31)32/h2-6,10-11,17,25H,7-9,12-13H2,1H3,(H,31,32). The van der Waals surface area contributed by atoms with Crippen molar-refractivity contribution in [2.75, 3.05) is 38.2 Å². The third-order valence-corrected chi connectivity index (χ3v) is 6.89. The topological polar surface area (TPSA) is 98.3 Å². The van der Waals surface area contributed by atoms with E-state index in [1.54, 1.807) is 0 Å². The van der Waals surface area contributed by atoms with E-state index in [1.807, 2.05) is 52.1 Å². The maximum absolute atomic E-state index is 11.0. The molecule has 0 spiro atoms. The Morgan fingerprint density at radius 2 is 2.16 bits per heavy atom. The number of para-hydroxylation sites is 1. The zero-order valence-corrected chi connectivity index (χ0v) is 19.2. The minimum absolute atomic E-state index is 0.000700. The van der Waals surface area contributed by atoms with E-state index in [2.05, 4.69) is 33.0 Å². The molecule has 2 aliphatic heterocycles. The van der Waals surface area contributed by atoms with Crippen LogP contribution in [-0.2, 0) is 4.79 Å². The van der Waals surface area contributed by atoms with Gasteiger partial charge < -0.3 is 10.1 Å². The van der Waals surface area contributed by atoms with Crippen molar-refractivity contribution in [3.8, 4) is 0 Å². The van der Waals surface area contributed by atoms with Crippen molar-refractivity contribution in [3.05, 3.63) is 69.6 Å². The van der Waals surface area contributed by atoms with Gasteiger partial charge in [0.1, 0.15) is 5.82 Å². The fourth-order valence-electron chi connectivity index (χ4n) is 4.54. The summed E-state index contributed by atoms with van der Waals surface area (Å²) in [5.41, 5.74) is 4.20. The Balaban J connectivity index is 1.56. The molecule has 4 heterocycles. The highest BCUT2D eigenvalue weighted by atomic mass is 79.9. The molecule has 164 valence electrons. The second kappa shape index (κ2) is 8.14. The van der Waals surface area contributed by atoms with Gasteiger partial charge in [-0.3, -0.25) is 20.1 Å². The Morgan fingerprint density at radius 3 is 2.91 bits per heavy atom. The van der Waals surface area contributed by atoms with Crippen LogP contribution in [0.25, 0.3) is 16.5 Å². The molecule has 8 nitrogen and oxygen atoms in total. The summed E-state index contributed by atoms with van der Waals surface area (Å²) in [6, 6.07) is 10.2. The van der Waals surface area contributed by atoms with Crippen LogP contribution < -0.4 is 10.5 Å². The molecule has 0 fully saturated rings. The third-order valence-electron chi connectivity index (χ3n) is 6.14. The number of nitrogens with one attached hydrogen (secondary N) is 1. The van der Waals surface area contributed by atoms with Crippen LogP contribution in [0.5, 0.6) is 0 Å². The molecule has 0 radical (unpaired) electrons. The number of benzene rings is 1. The number of carboxylic acids is 1.